The molecule has 2 aromatic carbocycles. The molecule has 1 heterocycles. The van der Waals surface area contributed by atoms with Crippen LogP contribution >= 0.6 is 0 Å². The van der Waals surface area contributed by atoms with E-state index in [0.717, 1.165) is 11.3 Å². The van der Waals surface area contributed by atoms with Crippen LogP contribution in [-0.2, 0) is 5.41 Å². The van der Waals surface area contributed by atoms with Gasteiger partial charge in [0, 0.05) is 18.1 Å². The van der Waals surface area contributed by atoms with Gasteiger partial charge in [-0.3, -0.25) is 4.79 Å². The number of rotatable bonds is 3. The maximum Gasteiger partial charge on any atom is 0.181 e. The summed E-state index contributed by atoms with van der Waals surface area (Å²) in [7, 11) is 3.22. The Morgan fingerprint density at radius 2 is 1.95 bits per heavy atom. The van der Waals surface area contributed by atoms with Gasteiger partial charge in [0.1, 0.15) is 28.8 Å². The number of methoxy groups -OCH3 is 2. The Kier molecular flexibility index (Phi) is 2.70. The highest BCUT2D eigenvalue weighted by Gasteiger charge is 2.67. The molecule has 22 heavy (non-hydrogen) atoms. The molecule has 0 N–H and O–H groups in total. The third kappa shape index (κ3) is 1.61. The standard InChI is InChI=1S/C18H16O4/c1-20-11-7-8-12-15(9-11)22-16-10-18(16,17(12)19)13-5-3-4-6-14(13)21-2/h3-9,16H,10H2,1-2H3/t16-,18-/m1/s1. The van der Waals surface area contributed by atoms with E-state index in [0.29, 0.717) is 23.5 Å². The molecule has 0 radical (unpaired) electrons. The first-order valence-electron chi connectivity index (χ1n) is 7.23. The summed E-state index contributed by atoms with van der Waals surface area (Å²) in [6, 6.07) is 13.0. The lowest BCUT2D eigenvalue weighted by Crippen LogP contribution is -2.32. The predicted molar refractivity (Wildman–Crippen MR) is 81.0 cm³/mol. The Hall–Kier alpha value is -2.49. The van der Waals surface area contributed by atoms with Crippen molar-refractivity contribution < 1.29 is 19.0 Å². The van der Waals surface area contributed by atoms with Gasteiger partial charge in [-0.25, -0.2) is 0 Å². The van der Waals surface area contributed by atoms with E-state index in [4.69, 9.17) is 14.2 Å². The van der Waals surface area contributed by atoms with Crippen LogP contribution in [0.25, 0.3) is 0 Å². The van der Waals surface area contributed by atoms with E-state index in [1.165, 1.54) is 0 Å². The van der Waals surface area contributed by atoms with Crippen LogP contribution in [0.5, 0.6) is 17.2 Å². The van der Waals surface area contributed by atoms with E-state index in [2.05, 4.69) is 0 Å². The van der Waals surface area contributed by atoms with E-state index in [1.807, 2.05) is 24.3 Å². The largest absolute Gasteiger partial charge is 0.497 e. The summed E-state index contributed by atoms with van der Waals surface area (Å²) in [5.41, 5.74) is 0.920. The number of fused-ring (bicyclic) bond motifs is 2. The van der Waals surface area contributed by atoms with E-state index in [9.17, 15) is 4.79 Å². The maximum absolute atomic E-state index is 13.1. The van der Waals surface area contributed by atoms with Gasteiger partial charge in [0.25, 0.3) is 0 Å². The number of hydrogen-bond acceptors (Lipinski definition) is 4. The van der Waals surface area contributed by atoms with E-state index >= 15 is 0 Å². The molecule has 1 fully saturated rings. The van der Waals surface area contributed by atoms with Gasteiger partial charge >= 0.3 is 0 Å². The van der Waals surface area contributed by atoms with Crippen LogP contribution in [0.2, 0.25) is 0 Å². The van der Waals surface area contributed by atoms with E-state index in [1.54, 1.807) is 32.4 Å². The second kappa shape index (κ2) is 4.50. The topological polar surface area (TPSA) is 44.8 Å². The van der Waals surface area contributed by atoms with Crippen molar-refractivity contribution in [3.63, 3.8) is 0 Å². The quantitative estimate of drug-likeness (QED) is 0.873. The molecule has 112 valence electrons. The van der Waals surface area contributed by atoms with Gasteiger partial charge in [0.2, 0.25) is 0 Å². The third-order valence-corrected chi connectivity index (χ3v) is 4.59. The summed E-state index contributed by atoms with van der Waals surface area (Å²) < 4.78 is 16.7. The molecule has 1 aliphatic heterocycles. The average Bonchev–Trinajstić information content (AvgIpc) is 3.30. The molecule has 2 aromatic rings. The maximum atomic E-state index is 13.1. The number of benzene rings is 2. The van der Waals surface area contributed by atoms with Gasteiger partial charge in [-0.1, -0.05) is 18.2 Å². The Bertz CT molecular complexity index is 767. The molecule has 2 aliphatic rings. The number of ether oxygens (including phenoxy) is 3. The van der Waals surface area contributed by atoms with Crippen molar-refractivity contribution in [2.45, 2.75) is 17.9 Å². The summed E-state index contributed by atoms with van der Waals surface area (Å²) in [6.07, 6.45) is 0.555. The second-order valence-corrected chi connectivity index (χ2v) is 5.67. The Balaban J connectivity index is 1.82. The zero-order valence-corrected chi connectivity index (χ0v) is 12.5. The summed E-state index contributed by atoms with van der Waals surface area (Å²) in [6.45, 7) is 0. The molecule has 4 rings (SSSR count). The SMILES string of the molecule is COc1ccc2c(c1)O[C@@H]1C[C@]1(c1ccccc1OC)C2=O. The lowest BCUT2D eigenvalue weighted by Gasteiger charge is -2.25. The van der Waals surface area contributed by atoms with Crippen molar-refractivity contribution in [3.8, 4) is 17.2 Å². The fourth-order valence-corrected chi connectivity index (χ4v) is 3.34. The lowest BCUT2D eigenvalue weighted by atomic mass is 9.85. The first kappa shape index (κ1) is 13.2. The molecule has 0 unspecified atom stereocenters. The van der Waals surface area contributed by atoms with Crippen LogP contribution in [-0.4, -0.2) is 26.1 Å². The highest BCUT2D eigenvalue weighted by atomic mass is 16.5. The second-order valence-electron chi connectivity index (χ2n) is 5.67. The minimum atomic E-state index is -0.603. The van der Waals surface area contributed by atoms with Crippen LogP contribution < -0.4 is 14.2 Å². The number of carbonyl (C=O) groups excluding carboxylic acids is 1. The monoisotopic (exact) mass is 296 g/mol. The fourth-order valence-electron chi connectivity index (χ4n) is 3.34. The van der Waals surface area contributed by atoms with Gasteiger partial charge < -0.3 is 14.2 Å². The first-order chi connectivity index (χ1) is 10.7. The minimum absolute atomic E-state index is 0.103. The highest BCUT2D eigenvalue weighted by molar-refractivity contribution is 6.10. The first-order valence-corrected chi connectivity index (χ1v) is 7.23. The summed E-state index contributed by atoms with van der Waals surface area (Å²) >= 11 is 0. The van der Waals surface area contributed by atoms with Gasteiger partial charge in [0.05, 0.1) is 19.8 Å². The normalized spacial score (nSPS) is 24.8. The van der Waals surface area contributed by atoms with Crippen LogP contribution in [0, 0.1) is 0 Å². The van der Waals surface area contributed by atoms with E-state index < -0.39 is 5.41 Å². The molecular weight excluding hydrogens is 280 g/mol. The smallest absolute Gasteiger partial charge is 0.181 e. The van der Waals surface area contributed by atoms with Crippen molar-refractivity contribution in [2.75, 3.05) is 14.2 Å². The summed E-state index contributed by atoms with van der Waals surface area (Å²) in [5, 5.41) is 0. The number of para-hydroxylation sites is 1. The molecule has 0 amide bonds. The molecule has 4 heteroatoms. The van der Waals surface area contributed by atoms with Crippen LogP contribution in [0.4, 0.5) is 0 Å². The molecular formula is C18H16O4. The van der Waals surface area contributed by atoms with Crippen LogP contribution in [0.3, 0.4) is 0 Å². The lowest BCUT2D eigenvalue weighted by molar-refractivity contribution is 0.0886. The van der Waals surface area contributed by atoms with E-state index in [-0.39, 0.29) is 11.9 Å². The Morgan fingerprint density at radius 1 is 1.14 bits per heavy atom. The molecule has 1 saturated carbocycles. The number of ketones is 1. The van der Waals surface area contributed by atoms with Crippen LogP contribution in [0.1, 0.15) is 22.3 Å². The molecule has 0 aromatic heterocycles. The predicted octanol–water partition coefficient (Wildman–Crippen LogP) is 2.99. The number of Topliss-reactive ketones (excluding diaryl/α,β-unsaturated/α-hetero) is 1. The van der Waals surface area contributed by atoms with Gasteiger partial charge in [-0.05, 0) is 18.2 Å². The molecule has 4 nitrogen and oxygen atoms in total. The molecule has 0 saturated heterocycles. The average molecular weight is 296 g/mol. The molecule has 2 atom stereocenters. The van der Waals surface area contributed by atoms with Gasteiger partial charge in [-0.2, -0.15) is 0 Å². The van der Waals surface area contributed by atoms with Gasteiger partial charge in [-0.15, -0.1) is 0 Å². The Labute approximate surface area is 128 Å². The zero-order chi connectivity index (χ0) is 15.3. The summed E-state index contributed by atoms with van der Waals surface area (Å²) in [4.78, 5) is 13.1. The third-order valence-electron chi connectivity index (χ3n) is 4.59. The fraction of sp³-hybridized carbons (Fsp3) is 0.278. The molecule has 0 spiro atoms. The van der Waals surface area contributed by atoms with Crippen molar-refractivity contribution >= 4 is 5.78 Å². The van der Waals surface area contributed by atoms with Crippen molar-refractivity contribution in [1.82, 2.24) is 0 Å². The summed E-state index contributed by atoms with van der Waals surface area (Å²) in [5.74, 6) is 2.14. The number of carbonyl (C=O) groups is 1. The van der Waals surface area contributed by atoms with Crippen molar-refractivity contribution in [3.05, 3.63) is 53.6 Å². The Morgan fingerprint density at radius 3 is 2.73 bits per heavy atom. The minimum Gasteiger partial charge on any atom is -0.497 e. The zero-order valence-electron chi connectivity index (χ0n) is 12.5. The molecule has 1 aliphatic carbocycles. The van der Waals surface area contributed by atoms with Crippen LogP contribution in [0.15, 0.2) is 42.5 Å². The highest BCUT2D eigenvalue weighted by Crippen LogP contribution is 2.58. The number of hydrogen-bond donors (Lipinski definition) is 0. The van der Waals surface area contributed by atoms with Crippen molar-refractivity contribution in [2.24, 2.45) is 0 Å². The van der Waals surface area contributed by atoms with Crippen molar-refractivity contribution in [1.29, 1.82) is 0 Å². The molecule has 0 bridgehead atoms. The van der Waals surface area contributed by atoms with Gasteiger partial charge in [0.15, 0.2) is 5.78 Å².